The van der Waals surface area contributed by atoms with E-state index in [1.54, 1.807) is 20.8 Å². The first-order valence-electron chi connectivity index (χ1n) is 7.90. The van der Waals surface area contributed by atoms with Gasteiger partial charge in [-0.15, -0.1) is 0 Å². The summed E-state index contributed by atoms with van der Waals surface area (Å²) in [6.45, 7) is 5.95. The Morgan fingerprint density at radius 3 is 2.46 bits per heavy atom. The van der Waals surface area contributed by atoms with Crippen molar-refractivity contribution in [2.75, 3.05) is 18.4 Å². The number of halogens is 2. The summed E-state index contributed by atoms with van der Waals surface area (Å²) in [5.41, 5.74) is -1.08. The Labute approximate surface area is 140 Å². The van der Waals surface area contributed by atoms with Crippen LogP contribution in [0.5, 0.6) is 0 Å². The molecule has 2 rings (SSSR count). The zero-order valence-electron chi connectivity index (χ0n) is 14.1. The second-order valence-electron chi connectivity index (χ2n) is 6.85. The molecule has 1 aromatic carbocycles. The summed E-state index contributed by atoms with van der Waals surface area (Å²) in [7, 11) is 0. The number of amides is 2. The third-order valence-corrected chi connectivity index (χ3v) is 3.65. The smallest absolute Gasteiger partial charge is 0.410 e. The average Bonchev–Trinajstić information content (AvgIpc) is 2.49. The number of hydrogen-bond acceptors (Lipinski definition) is 3. The van der Waals surface area contributed by atoms with Gasteiger partial charge in [-0.1, -0.05) is 6.07 Å². The molecule has 0 aromatic heterocycles. The molecule has 1 N–H and O–H groups in total. The highest BCUT2D eigenvalue weighted by Crippen LogP contribution is 2.23. The fourth-order valence-electron chi connectivity index (χ4n) is 2.53. The summed E-state index contributed by atoms with van der Waals surface area (Å²) in [6.07, 6.45) is 0.676. The first-order valence-corrected chi connectivity index (χ1v) is 7.90. The molecule has 132 valence electrons. The van der Waals surface area contributed by atoms with Crippen molar-refractivity contribution in [3.63, 3.8) is 0 Å². The zero-order valence-corrected chi connectivity index (χ0v) is 14.1. The highest BCUT2D eigenvalue weighted by molar-refractivity contribution is 5.93. The van der Waals surface area contributed by atoms with Crippen molar-refractivity contribution in [2.24, 2.45) is 5.92 Å². The van der Waals surface area contributed by atoms with Gasteiger partial charge in [0, 0.05) is 13.1 Å². The third kappa shape index (κ3) is 4.66. The molecule has 7 heteroatoms. The van der Waals surface area contributed by atoms with Crippen LogP contribution in [0.1, 0.15) is 33.6 Å². The topological polar surface area (TPSA) is 58.6 Å². The molecule has 24 heavy (non-hydrogen) atoms. The summed E-state index contributed by atoms with van der Waals surface area (Å²) < 4.78 is 32.6. The van der Waals surface area contributed by atoms with Crippen LogP contribution < -0.4 is 5.32 Å². The first-order chi connectivity index (χ1) is 11.2. The Balaban J connectivity index is 2.01. The molecule has 0 aliphatic carbocycles. The monoisotopic (exact) mass is 340 g/mol. The number of rotatable bonds is 2. The van der Waals surface area contributed by atoms with Crippen molar-refractivity contribution >= 4 is 17.7 Å². The maximum absolute atomic E-state index is 13.6. The van der Waals surface area contributed by atoms with E-state index in [1.165, 1.54) is 11.0 Å². The number of nitrogens with zero attached hydrogens (tertiary/aromatic N) is 1. The number of para-hydroxylation sites is 1. The standard InChI is InChI=1S/C17H22F2N2O3/c1-17(2,3)24-16(23)21-9-5-6-11(10-21)15(22)20-14-12(18)7-4-8-13(14)19/h4,7-8,11H,5-6,9-10H2,1-3H3,(H,20,22). The zero-order chi connectivity index (χ0) is 17.9. The van der Waals surface area contributed by atoms with E-state index in [-0.39, 0.29) is 6.54 Å². The Bertz CT molecular complexity index is 609. The number of hydrogen-bond donors (Lipinski definition) is 1. The van der Waals surface area contributed by atoms with Gasteiger partial charge in [0.15, 0.2) is 0 Å². The fourth-order valence-corrected chi connectivity index (χ4v) is 2.53. The van der Waals surface area contributed by atoms with Crippen molar-refractivity contribution in [3.8, 4) is 0 Å². The molecule has 1 unspecified atom stereocenters. The molecule has 1 fully saturated rings. The summed E-state index contributed by atoms with van der Waals surface area (Å²) in [4.78, 5) is 25.9. The molecule has 0 radical (unpaired) electrons. The first kappa shape index (κ1) is 18.2. The Hall–Kier alpha value is -2.18. The normalized spacial score (nSPS) is 18.2. The van der Waals surface area contributed by atoms with Crippen molar-refractivity contribution < 1.29 is 23.1 Å². The maximum Gasteiger partial charge on any atom is 0.410 e. The Morgan fingerprint density at radius 2 is 1.88 bits per heavy atom. The van der Waals surface area contributed by atoms with Crippen molar-refractivity contribution in [1.82, 2.24) is 4.90 Å². The molecule has 1 saturated heterocycles. The lowest BCUT2D eigenvalue weighted by atomic mass is 9.97. The predicted molar refractivity (Wildman–Crippen MR) is 85.5 cm³/mol. The van der Waals surface area contributed by atoms with E-state index in [2.05, 4.69) is 5.32 Å². The van der Waals surface area contributed by atoms with Crippen molar-refractivity contribution in [1.29, 1.82) is 0 Å². The van der Waals surface area contributed by atoms with Crippen LogP contribution in [0.15, 0.2) is 18.2 Å². The molecule has 1 aliphatic heterocycles. The van der Waals surface area contributed by atoms with Gasteiger partial charge in [0.05, 0.1) is 5.92 Å². The highest BCUT2D eigenvalue weighted by Gasteiger charge is 2.31. The van der Waals surface area contributed by atoms with Crippen LogP contribution in [0.25, 0.3) is 0 Å². The number of carbonyl (C=O) groups excluding carboxylic acids is 2. The van der Waals surface area contributed by atoms with E-state index in [9.17, 15) is 18.4 Å². The minimum Gasteiger partial charge on any atom is -0.444 e. The quantitative estimate of drug-likeness (QED) is 0.896. The molecule has 0 spiro atoms. The summed E-state index contributed by atoms with van der Waals surface area (Å²) in [5, 5.41) is 2.29. The van der Waals surface area contributed by atoms with Gasteiger partial charge in [0.2, 0.25) is 5.91 Å². The summed E-state index contributed by atoms with van der Waals surface area (Å²) in [6, 6.07) is 3.38. The molecule has 2 amide bonds. The number of ether oxygens (including phenoxy) is 1. The molecular weight excluding hydrogens is 318 g/mol. The lowest BCUT2D eigenvalue weighted by Gasteiger charge is -2.33. The average molecular weight is 340 g/mol. The fraction of sp³-hybridized carbons (Fsp3) is 0.529. The molecule has 0 bridgehead atoms. The SMILES string of the molecule is CC(C)(C)OC(=O)N1CCCC(C(=O)Nc2c(F)cccc2F)C1. The number of anilines is 1. The van der Waals surface area contributed by atoms with Gasteiger partial charge < -0.3 is 15.0 Å². The molecule has 1 aliphatic rings. The number of carbonyl (C=O) groups is 2. The number of piperidine rings is 1. The van der Waals surface area contributed by atoms with Crippen LogP contribution >= 0.6 is 0 Å². The molecule has 0 saturated carbocycles. The van der Waals surface area contributed by atoms with E-state index in [4.69, 9.17) is 4.74 Å². The molecule has 1 heterocycles. The van der Waals surface area contributed by atoms with E-state index < -0.39 is 40.8 Å². The van der Waals surface area contributed by atoms with E-state index in [0.29, 0.717) is 19.4 Å². The molecule has 5 nitrogen and oxygen atoms in total. The van der Waals surface area contributed by atoms with E-state index in [1.807, 2.05) is 0 Å². The van der Waals surface area contributed by atoms with Crippen LogP contribution in [-0.4, -0.2) is 35.6 Å². The van der Waals surface area contributed by atoms with Gasteiger partial charge in [-0.05, 0) is 45.7 Å². The van der Waals surface area contributed by atoms with Crippen LogP contribution in [0.4, 0.5) is 19.3 Å². The van der Waals surface area contributed by atoms with Crippen LogP contribution in [-0.2, 0) is 9.53 Å². The second-order valence-corrected chi connectivity index (χ2v) is 6.85. The number of likely N-dealkylation sites (tertiary alicyclic amines) is 1. The van der Waals surface area contributed by atoms with Gasteiger partial charge in [-0.25, -0.2) is 13.6 Å². The van der Waals surface area contributed by atoms with Crippen LogP contribution in [0, 0.1) is 17.6 Å². The van der Waals surface area contributed by atoms with Gasteiger partial charge in [-0.3, -0.25) is 4.79 Å². The molecule has 1 atom stereocenters. The summed E-state index contributed by atoms with van der Waals surface area (Å²) in [5.74, 6) is -2.70. The summed E-state index contributed by atoms with van der Waals surface area (Å²) >= 11 is 0. The molecule has 1 aromatic rings. The largest absolute Gasteiger partial charge is 0.444 e. The van der Waals surface area contributed by atoms with Crippen LogP contribution in [0.3, 0.4) is 0 Å². The second kappa shape index (κ2) is 7.15. The van der Waals surface area contributed by atoms with Crippen molar-refractivity contribution in [2.45, 2.75) is 39.2 Å². The van der Waals surface area contributed by atoms with E-state index >= 15 is 0 Å². The van der Waals surface area contributed by atoms with Gasteiger partial charge >= 0.3 is 6.09 Å². The van der Waals surface area contributed by atoms with Crippen LogP contribution in [0.2, 0.25) is 0 Å². The van der Waals surface area contributed by atoms with Gasteiger partial charge in [-0.2, -0.15) is 0 Å². The van der Waals surface area contributed by atoms with Gasteiger partial charge in [0.1, 0.15) is 22.9 Å². The Morgan fingerprint density at radius 1 is 1.25 bits per heavy atom. The maximum atomic E-state index is 13.6. The number of nitrogens with one attached hydrogen (secondary N) is 1. The minimum absolute atomic E-state index is 0.164. The van der Waals surface area contributed by atoms with E-state index in [0.717, 1.165) is 12.1 Å². The number of benzene rings is 1. The third-order valence-electron chi connectivity index (χ3n) is 3.65. The Kier molecular flexibility index (Phi) is 5.41. The minimum atomic E-state index is -0.830. The predicted octanol–water partition coefficient (Wildman–Crippen LogP) is 3.55. The highest BCUT2D eigenvalue weighted by atomic mass is 19.1. The van der Waals surface area contributed by atoms with Crippen molar-refractivity contribution in [3.05, 3.63) is 29.8 Å². The molecular formula is C17H22F2N2O3. The lowest BCUT2D eigenvalue weighted by molar-refractivity contribution is -0.121. The van der Waals surface area contributed by atoms with Gasteiger partial charge in [0.25, 0.3) is 0 Å². The lowest BCUT2D eigenvalue weighted by Crippen LogP contribution is -2.45.